The summed E-state index contributed by atoms with van der Waals surface area (Å²) in [6.45, 7) is 1.39. The van der Waals surface area contributed by atoms with Crippen LogP contribution in [0.15, 0.2) is 65.4 Å². The van der Waals surface area contributed by atoms with Crippen LogP contribution in [0.2, 0.25) is 0 Å². The van der Waals surface area contributed by atoms with E-state index in [-0.39, 0.29) is 17.9 Å². The molecule has 2 amide bonds. The van der Waals surface area contributed by atoms with Gasteiger partial charge >= 0.3 is 6.09 Å². The highest BCUT2D eigenvalue weighted by molar-refractivity contribution is 5.94. The maximum atomic E-state index is 13.0. The molecule has 1 saturated carbocycles. The molecule has 2 aliphatic heterocycles. The second-order valence-electron chi connectivity index (χ2n) is 10.1. The fraction of sp³-hybridized carbons (Fsp3) is 0.407. The van der Waals surface area contributed by atoms with E-state index in [1.54, 1.807) is 0 Å². The van der Waals surface area contributed by atoms with Gasteiger partial charge in [0.1, 0.15) is 0 Å². The van der Waals surface area contributed by atoms with Crippen LogP contribution in [0.1, 0.15) is 52.2 Å². The van der Waals surface area contributed by atoms with E-state index in [4.69, 9.17) is 4.42 Å². The molecule has 36 heavy (non-hydrogen) atoms. The highest BCUT2D eigenvalue weighted by Gasteiger charge is 2.59. The van der Waals surface area contributed by atoms with Crippen molar-refractivity contribution >= 4 is 12.0 Å². The van der Waals surface area contributed by atoms with E-state index in [9.17, 15) is 19.8 Å². The van der Waals surface area contributed by atoms with Gasteiger partial charge in [-0.1, -0.05) is 42.5 Å². The Kier molecular flexibility index (Phi) is 5.72. The lowest BCUT2D eigenvalue weighted by Crippen LogP contribution is -2.44. The summed E-state index contributed by atoms with van der Waals surface area (Å²) in [4.78, 5) is 28.4. The van der Waals surface area contributed by atoms with Gasteiger partial charge in [0.25, 0.3) is 5.91 Å². The quantitative estimate of drug-likeness (QED) is 0.546. The molecular formula is C27H28N4O5. The van der Waals surface area contributed by atoms with Crippen LogP contribution in [0, 0.1) is 11.8 Å². The van der Waals surface area contributed by atoms with Crippen molar-refractivity contribution in [1.29, 1.82) is 0 Å². The Morgan fingerprint density at radius 1 is 1.03 bits per heavy atom. The van der Waals surface area contributed by atoms with Gasteiger partial charge in [0.15, 0.2) is 0 Å². The third kappa shape index (κ3) is 4.03. The molecule has 1 aliphatic carbocycles. The van der Waals surface area contributed by atoms with E-state index in [0.717, 1.165) is 11.1 Å². The van der Waals surface area contributed by atoms with Crippen molar-refractivity contribution in [2.24, 2.45) is 11.8 Å². The normalized spacial score (nSPS) is 27.6. The highest BCUT2D eigenvalue weighted by Crippen LogP contribution is 2.57. The van der Waals surface area contributed by atoms with E-state index >= 15 is 0 Å². The number of carbonyl (C=O) groups excluding carboxylic acids is 1. The molecule has 3 aromatic rings. The molecule has 3 aliphatic rings. The van der Waals surface area contributed by atoms with Gasteiger partial charge in [-0.15, -0.1) is 10.2 Å². The van der Waals surface area contributed by atoms with E-state index in [0.29, 0.717) is 55.6 Å². The number of hydrogen-bond acceptors (Lipinski definition) is 6. The van der Waals surface area contributed by atoms with Crippen LogP contribution in [0.25, 0.3) is 0 Å². The van der Waals surface area contributed by atoms with E-state index in [2.05, 4.69) is 10.2 Å². The van der Waals surface area contributed by atoms with Crippen molar-refractivity contribution < 1.29 is 24.2 Å². The van der Waals surface area contributed by atoms with Crippen molar-refractivity contribution in [1.82, 2.24) is 20.0 Å². The first-order chi connectivity index (χ1) is 17.5. The van der Waals surface area contributed by atoms with Gasteiger partial charge in [-0.05, 0) is 54.4 Å². The molecule has 6 atom stereocenters. The maximum absolute atomic E-state index is 13.0. The average molecular weight is 489 g/mol. The molecule has 9 nitrogen and oxygen atoms in total. The first-order valence-electron chi connectivity index (χ1n) is 12.4. The molecule has 186 valence electrons. The number of amides is 2. The number of aromatic nitrogens is 2. The van der Waals surface area contributed by atoms with Crippen LogP contribution in [0.5, 0.6) is 0 Å². The number of piperidine rings is 1. The van der Waals surface area contributed by atoms with Crippen molar-refractivity contribution in [3.8, 4) is 0 Å². The van der Waals surface area contributed by atoms with Crippen LogP contribution in [-0.2, 0) is 6.42 Å². The highest BCUT2D eigenvalue weighted by atomic mass is 16.4. The summed E-state index contributed by atoms with van der Waals surface area (Å²) in [5.74, 6) is 1.72. The second-order valence-corrected chi connectivity index (χ2v) is 10.1. The molecular weight excluding hydrogens is 460 g/mol. The summed E-state index contributed by atoms with van der Waals surface area (Å²) in [7, 11) is 0. The summed E-state index contributed by atoms with van der Waals surface area (Å²) in [5, 5.41) is 28.5. The maximum Gasteiger partial charge on any atom is 0.407 e. The van der Waals surface area contributed by atoms with Gasteiger partial charge in [0, 0.05) is 30.6 Å². The fourth-order valence-electron chi connectivity index (χ4n) is 6.22. The minimum Gasteiger partial charge on any atom is -0.465 e. The van der Waals surface area contributed by atoms with Gasteiger partial charge in [0.05, 0.1) is 12.1 Å². The predicted molar refractivity (Wildman–Crippen MR) is 128 cm³/mol. The number of carboxylic acid groups (broad SMARTS) is 1. The van der Waals surface area contributed by atoms with Crippen molar-refractivity contribution in [2.45, 2.75) is 43.4 Å². The lowest BCUT2D eigenvalue weighted by molar-refractivity contribution is 0.0540. The van der Waals surface area contributed by atoms with Crippen molar-refractivity contribution in [3.63, 3.8) is 0 Å². The Bertz CT molecular complexity index is 1220. The summed E-state index contributed by atoms with van der Waals surface area (Å²) in [6.07, 6.45) is 1.29. The summed E-state index contributed by atoms with van der Waals surface area (Å²) < 4.78 is 5.33. The molecule has 2 unspecified atom stereocenters. The molecule has 2 saturated heterocycles. The summed E-state index contributed by atoms with van der Waals surface area (Å²) >= 11 is 0. The lowest BCUT2D eigenvalue weighted by Gasteiger charge is -2.31. The van der Waals surface area contributed by atoms with Crippen LogP contribution < -0.4 is 0 Å². The molecule has 9 heteroatoms. The zero-order valence-electron chi connectivity index (χ0n) is 19.7. The van der Waals surface area contributed by atoms with Gasteiger partial charge in [-0.3, -0.25) is 9.69 Å². The Balaban J connectivity index is 1.08. The van der Waals surface area contributed by atoms with Crippen LogP contribution in [0.3, 0.4) is 0 Å². The predicted octanol–water partition coefficient (Wildman–Crippen LogP) is 3.34. The molecule has 0 radical (unpaired) electrons. The minimum absolute atomic E-state index is 0.0112. The van der Waals surface area contributed by atoms with Crippen molar-refractivity contribution in [3.05, 3.63) is 83.6 Å². The van der Waals surface area contributed by atoms with E-state index in [1.165, 1.54) is 11.3 Å². The molecule has 0 bridgehead atoms. The summed E-state index contributed by atoms with van der Waals surface area (Å²) in [5.41, 5.74) is 2.33. The zero-order chi connectivity index (χ0) is 24.8. The smallest absolute Gasteiger partial charge is 0.407 e. The molecule has 2 aromatic carbocycles. The number of aliphatic hydroxyl groups excluding tert-OH is 1. The first kappa shape index (κ1) is 22.7. The molecule has 2 N–H and O–H groups in total. The first-order valence-corrected chi connectivity index (χ1v) is 12.4. The number of hydrogen-bond donors (Lipinski definition) is 2. The van der Waals surface area contributed by atoms with Gasteiger partial charge in [0.2, 0.25) is 12.3 Å². The van der Waals surface area contributed by atoms with Gasteiger partial charge in [-0.25, -0.2) is 4.79 Å². The molecule has 3 fully saturated rings. The minimum atomic E-state index is -1.02. The monoisotopic (exact) mass is 488 g/mol. The number of carbonyl (C=O) groups is 2. The number of benzene rings is 2. The second kappa shape index (κ2) is 9.05. The Morgan fingerprint density at radius 2 is 1.75 bits per heavy atom. The average Bonchev–Trinajstić information content (AvgIpc) is 3.39. The number of nitrogens with zero attached hydrogens (tertiary/aromatic N) is 4. The van der Waals surface area contributed by atoms with Crippen LogP contribution >= 0.6 is 0 Å². The van der Waals surface area contributed by atoms with Gasteiger partial charge < -0.3 is 19.5 Å². The largest absolute Gasteiger partial charge is 0.465 e. The standard InChI is InChI=1S/C27H28N4O5/c32-24(17-4-2-1-3-5-17)22-11-10-19(31(22)27(34)35)12-16-6-8-18(9-7-16)26(33)30-13-20-21(14-30)23(20)25-29-28-15-36-25/h1-9,15,19-24,32H,10-14H2,(H,34,35)/t19-,20-,21+,22+,23?,24?/m0/s1. The number of likely N-dealkylation sites (tertiary alicyclic amines) is 2. The third-order valence-electron chi connectivity index (χ3n) is 8.09. The molecule has 1 aromatic heterocycles. The van der Waals surface area contributed by atoms with E-state index in [1.807, 2.05) is 59.5 Å². The number of aliphatic hydroxyl groups is 1. The molecule has 6 rings (SSSR count). The zero-order valence-corrected chi connectivity index (χ0v) is 19.7. The third-order valence-corrected chi connectivity index (χ3v) is 8.09. The Labute approximate surface area is 208 Å². The Hall–Kier alpha value is -3.72. The molecule has 3 heterocycles. The van der Waals surface area contributed by atoms with Crippen LogP contribution in [0.4, 0.5) is 4.79 Å². The number of fused-ring (bicyclic) bond motifs is 1. The van der Waals surface area contributed by atoms with Crippen LogP contribution in [-0.4, -0.2) is 67.4 Å². The van der Waals surface area contributed by atoms with Gasteiger partial charge in [-0.2, -0.15) is 0 Å². The topological polar surface area (TPSA) is 120 Å². The molecule has 0 spiro atoms. The fourth-order valence-corrected chi connectivity index (χ4v) is 6.22. The van der Waals surface area contributed by atoms with Crippen molar-refractivity contribution in [2.75, 3.05) is 13.1 Å². The summed E-state index contributed by atoms with van der Waals surface area (Å²) in [6, 6.07) is 16.0. The van der Waals surface area contributed by atoms with E-state index < -0.39 is 18.2 Å². The SMILES string of the molecule is O=C(c1ccc(C[C@@H]2CC[C@H](C(O)c3ccccc3)N2C(=O)O)cc1)N1C[C@@H]2C(c3nnco3)[C@@H]2C1. The Morgan fingerprint density at radius 3 is 2.39 bits per heavy atom. The number of rotatable bonds is 6. The lowest BCUT2D eigenvalue weighted by atomic mass is 10.0.